The van der Waals surface area contributed by atoms with Crippen molar-refractivity contribution in [1.29, 1.82) is 0 Å². The summed E-state index contributed by atoms with van der Waals surface area (Å²) in [6.07, 6.45) is 5.00. The molecule has 0 bridgehead atoms. The number of rotatable bonds is 6. The minimum atomic E-state index is -1.44. The third-order valence-electron chi connectivity index (χ3n) is 6.65. The van der Waals surface area contributed by atoms with Crippen LogP contribution in [0, 0.1) is 19.7 Å². The number of carboxylic acid groups (broad SMARTS) is 1. The van der Waals surface area contributed by atoms with E-state index in [2.05, 4.69) is 15.7 Å². The number of aromatic carboxylic acids is 1. The molecule has 0 radical (unpaired) electrons. The van der Waals surface area contributed by atoms with Crippen LogP contribution in [0.1, 0.15) is 41.5 Å². The number of alkyl carbamates (subject to hydrolysis) is 1. The fourth-order valence-electron chi connectivity index (χ4n) is 4.64. The van der Waals surface area contributed by atoms with E-state index in [1.807, 2.05) is 4.90 Å². The fraction of sp³-hybridized carbons (Fsp3) is 0.481. The first-order chi connectivity index (χ1) is 19.0. The van der Waals surface area contributed by atoms with Gasteiger partial charge in [0, 0.05) is 57.1 Å². The van der Waals surface area contributed by atoms with Crippen molar-refractivity contribution >= 4 is 17.9 Å². The summed E-state index contributed by atoms with van der Waals surface area (Å²) < 4.78 is 37.1. The topological polar surface area (TPSA) is 129 Å². The van der Waals surface area contributed by atoms with Crippen molar-refractivity contribution in [3.8, 4) is 0 Å². The maximum atomic E-state index is 15.6. The van der Waals surface area contributed by atoms with Gasteiger partial charge in [0.1, 0.15) is 17.6 Å². The van der Waals surface area contributed by atoms with Gasteiger partial charge < -0.3 is 20.2 Å². The number of carbonyl (C=O) groups is 2. The Bertz CT molecular complexity index is 1300. The van der Waals surface area contributed by atoms with E-state index in [4.69, 9.17) is 4.74 Å². The first kappa shape index (κ1) is 30.5. The highest BCUT2D eigenvalue weighted by atomic mass is 19.1. The molecule has 1 aromatic rings. The van der Waals surface area contributed by atoms with Gasteiger partial charge in [-0.1, -0.05) is 12.2 Å². The van der Waals surface area contributed by atoms with Gasteiger partial charge in [0.15, 0.2) is 17.1 Å². The Morgan fingerprint density at radius 3 is 2.65 bits per heavy atom. The maximum Gasteiger partial charge on any atom is 0.411 e. The standard InChI is InChI=1S/C27H36F2N6O5/c1-5-40-27(39)32-19-8-6-9-23(21(28)15-19)33-10-7-11-34(13-12-33)25-22(29)14-17(2)24(36)20(26(37)38)16-35(30-4)18(3)31-25/h6,9,14-16,21,23,30H,5,7-8,10-13H2,1-4H3,(H,32,39)(H,37,38). The summed E-state index contributed by atoms with van der Waals surface area (Å²) in [5, 5.41) is 12.1. The number of hydrogen-bond acceptors (Lipinski definition) is 8. The monoisotopic (exact) mass is 562 g/mol. The predicted molar refractivity (Wildman–Crippen MR) is 147 cm³/mol. The molecular weight excluding hydrogens is 526 g/mol. The second-order valence-electron chi connectivity index (χ2n) is 9.41. The molecule has 0 aromatic carbocycles. The van der Waals surface area contributed by atoms with Gasteiger partial charge in [0.2, 0.25) is 0 Å². The van der Waals surface area contributed by atoms with Crippen LogP contribution in [-0.4, -0.2) is 83.8 Å². The lowest BCUT2D eigenvalue weighted by molar-refractivity contribution is 0.0694. The molecule has 2 heterocycles. The van der Waals surface area contributed by atoms with Crippen molar-refractivity contribution in [1.82, 2.24) is 19.9 Å². The Kier molecular flexibility index (Phi) is 10.6. The molecule has 0 saturated carbocycles. The minimum absolute atomic E-state index is 0.00653. The van der Waals surface area contributed by atoms with E-state index in [9.17, 15) is 19.5 Å². The van der Waals surface area contributed by atoms with Crippen LogP contribution in [-0.2, 0) is 4.74 Å². The van der Waals surface area contributed by atoms with Crippen molar-refractivity contribution in [3.63, 3.8) is 0 Å². The van der Waals surface area contributed by atoms with Crippen LogP contribution in [0.15, 0.2) is 41.0 Å². The Morgan fingerprint density at radius 1 is 1.23 bits per heavy atom. The number of allylic oxidation sites excluding steroid dienone is 1. The largest absolute Gasteiger partial charge is 0.477 e. The van der Waals surface area contributed by atoms with Gasteiger partial charge >= 0.3 is 12.1 Å². The average molecular weight is 563 g/mol. The Morgan fingerprint density at radius 2 is 1.98 bits per heavy atom. The number of alkyl halides is 1. The Balaban J connectivity index is 1.91. The fourth-order valence-corrected chi connectivity index (χ4v) is 4.64. The summed E-state index contributed by atoms with van der Waals surface area (Å²) in [7, 11) is 1.52. The maximum absolute atomic E-state index is 15.6. The van der Waals surface area contributed by atoms with Crippen LogP contribution in [0.25, 0.3) is 0 Å². The first-order valence-electron chi connectivity index (χ1n) is 13.1. The Hall–Kier alpha value is -4.00. The molecule has 1 aromatic heterocycles. The number of ether oxygens (including phenoxy) is 1. The lowest BCUT2D eigenvalue weighted by Crippen LogP contribution is -2.42. The van der Waals surface area contributed by atoms with Crippen LogP contribution in [0.5, 0.6) is 0 Å². The highest BCUT2D eigenvalue weighted by Crippen LogP contribution is 2.22. The minimum Gasteiger partial charge on any atom is -0.477 e. The molecule has 1 amide bonds. The number of aryl methyl sites for hydroxylation is 2. The van der Waals surface area contributed by atoms with Crippen LogP contribution >= 0.6 is 0 Å². The number of amides is 1. The second-order valence-corrected chi connectivity index (χ2v) is 9.41. The number of anilines is 1. The molecule has 40 heavy (non-hydrogen) atoms. The molecule has 2 unspecified atom stereocenters. The van der Waals surface area contributed by atoms with Gasteiger partial charge in [-0.3, -0.25) is 19.7 Å². The van der Waals surface area contributed by atoms with Crippen LogP contribution < -0.4 is 21.1 Å². The molecular formula is C27H36F2N6O5. The van der Waals surface area contributed by atoms with Crippen molar-refractivity contribution in [2.45, 2.75) is 45.8 Å². The van der Waals surface area contributed by atoms with E-state index in [-0.39, 0.29) is 23.8 Å². The molecule has 1 saturated heterocycles. The van der Waals surface area contributed by atoms with Crippen molar-refractivity contribution in [2.75, 3.05) is 50.2 Å². The quantitative estimate of drug-likeness (QED) is 0.448. The average Bonchev–Trinajstić information content (AvgIpc) is 3.24. The highest BCUT2D eigenvalue weighted by molar-refractivity contribution is 5.87. The van der Waals surface area contributed by atoms with Crippen molar-refractivity contribution < 1.29 is 28.2 Å². The molecule has 3 rings (SSSR count). The number of carboxylic acids is 1. The highest BCUT2D eigenvalue weighted by Gasteiger charge is 2.29. The summed E-state index contributed by atoms with van der Waals surface area (Å²) >= 11 is 0. The molecule has 1 aliphatic heterocycles. The smallest absolute Gasteiger partial charge is 0.411 e. The molecule has 3 N–H and O–H groups in total. The number of aromatic nitrogens is 2. The summed E-state index contributed by atoms with van der Waals surface area (Å²) in [4.78, 5) is 44.4. The number of halogens is 2. The molecule has 218 valence electrons. The van der Waals surface area contributed by atoms with Crippen LogP contribution in [0.4, 0.5) is 19.4 Å². The van der Waals surface area contributed by atoms with E-state index in [0.717, 1.165) is 12.3 Å². The molecule has 0 spiro atoms. The Labute approximate surface area is 231 Å². The number of carbonyl (C=O) groups excluding carboxylic acids is 1. The molecule has 2 atom stereocenters. The molecule has 2 aliphatic rings. The van der Waals surface area contributed by atoms with E-state index >= 15 is 8.78 Å². The van der Waals surface area contributed by atoms with Gasteiger partial charge in [-0.05, 0) is 39.3 Å². The number of nitrogens with zero attached hydrogens (tertiary/aromatic N) is 4. The summed E-state index contributed by atoms with van der Waals surface area (Å²) in [5.74, 6) is -2.01. The predicted octanol–water partition coefficient (Wildman–Crippen LogP) is 2.80. The molecule has 11 nitrogen and oxygen atoms in total. The van der Waals surface area contributed by atoms with Gasteiger partial charge in [0.25, 0.3) is 0 Å². The van der Waals surface area contributed by atoms with Gasteiger partial charge in [-0.25, -0.2) is 23.4 Å². The first-order valence-corrected chi connectivity index (χ1v) is 13.1. The van der Waals surface area contributed by atoms with Gasteiger partial charge in [-0.15, -0.1) is 0 Å². The third-order valence-corrected chi connectivity index (χ3v) is 6.65. The molecule has 13 heteroatoms. The van der Waals surface area contributed by atoms with Gasteiger partial charge in [0.05, 0.1) is 12.6 Å². The van der Waals surface area contributed by atoms with Crippen LogP contribution in [0.3, 0.4) is 0 Å². The zero-order valence-electron chi connectivity index (χ0n) is 23.1. The van der Waals surface area contributed by atoms with E-state index in [1.165, 1.54) is 24.7 Å². The van der Waals surface area contributed by atoms with Crippen LogP contribution in [0.2, 0.25) is 0 Å². The summed E-state index contributed by atoms with van der Waals surface area (Å²) in [6.45, 7) is 6.49. The molecule has 1 fully saturated rings. The SMILES string of the molecule is CCOC(=O)NC1=CC(F)C(N2CCCN(c3nc(C)n(NC)cc(C(=O)O)c(=O)c(C)cc3F)CC2)C=CC1. The number of hydrogen-bond donors (Lipinski definition) is 3. The summed E-state index contributed by atoms with van der Waals surface area (Å²) in [6, 6.07) is 0.422. The summed E-state index contributed by atoms with van der Waals surface area (Å²) in [5.41, 5.74) is 1.73. The number of nitrogens with one attached hydrogen (secondary N) is 2. The van der Waals surface area contributed by atoms with Crippen molar-refractivity contribution in [2.24, 2.45) is 0 Å². The second kappa shape index (κ2) is 13.9. The zero-order chi connectivity index (χ0) is 29.4. The van der Waals surface area contributed by atoms with E-state index in [1.54, 1.807) is 30.9 Å². The molecule has 1 aliphatic carbocycles. The van der Waals surface area contributed by atoms with Crippen molar-refractivity contribution in [3.05, 3.63) is 69.2 Å². The van der Waals surface area contributed by atoms with E-state index in [0.29, 0.717) is 44.7 Å². The lowest BCUT2D eigenvalue weighted by atomic mass is 10.1. The zero-order valence-corrected chi connectivity index (χ0v) is 23.1. The van der Waals surface area contributed by atoms with E-state index < -0.39 is 41.1 Å². The lowest BCUT2D eigenvalue weighted by Gasteiger charge is -2.29. The van der Waals surface area contributed by atoms with Gasteiger partial charge in [-0.2, -0.15) is 0 Å². The third kappa shape index (κ3) is 7.56. The normalized spacial score (nSPS) is 19.6.